The average molecular weight is 237 g/mol. The number of carboxylic acid groups (broad SMARTS) is 1. The van der Waals surface area contributed by atoms with E-state index < -0.39 is 18.1 Å². The van der Waals surface area contributed by atoms with Crippen molar-refractivity contribution in [3.63, 3.8) is 0 Å². The van der Waals surface area contributed by atoms with Gasteiger partial charge in [-0.1, -0.05) is 0 Å². The molecular weight excluding hydrogens is 226 g/mol. The molecule has 1 aliphatic heterocycles. The lowest BCUT2D eigenvalue weighted by atomic mass is 10.2. The van der Waals surface area contributed by atoms with E-state index in [4.69, 9.17) is 5.11 Å². The van der Waals surface area contributed by atoms with Gasteiger partial charge in [-0.25, -0.2) is 0 Å². The van der Waals surface area contributed by atoms with Crippen molar-refractivity contribution in [2.45, 2.75) is 13.5 Å². The minimum absolute atomic E-state index is 0.105. The first-order chi connectivity index (χ1) is 7.99. The normalized spacial score (nSPS) is 13.6. The van der Waals surface area contributed by atoms with Gasteiger partial charge < -0.3 is 15.7 Å². The fourth-order valence-corrected chi connectivity index (χ4v) is 1.72. The quantitative estimate of drug-likeness (QED) is 0.650. The second kappa shape index (κ2) is 3.93. The third-order valence-corrected chi connectivity index (χ3v) is 2.50. The van der Waals surface area contributed by atoms with E-state index in [0.717, 1.165) is 4.57 Å². The van der Waals surface area contributed by atoms with Crippen molar-refractivity contribution >= 4 is 23.3 Å². The number of hydrogen-bond acceptors (Lipinski definition) is 4. The van der Waals surface area contributed by atoms with E-state index in [-0.39, 0.29) is 18.1 Å². The van der Waals surface area contributed by atoms with Crippen molar-refractivity contribution < 1.29 is 14.7 Å². The lowest BCUT2D eigenvalue weighted by molar-refractivity contribution is -0.137. The number of carbonyl (C=O) groups is 2. The zero-order valence-electron chi connectivity index (χ0n) is 9.11. The van der Waals surface area contributed by atoms with Gasteiger partial charge in [-0.05, 0) is 13.0 Å². The zero-order valence-corrected chi connectivity index (χ0v) is 9.11. The van der Waals surface area contributed by atoms with Gasteiger partial charge in [0.15, 0.2) is 0 Å². The summed E-state index contributed by atoms with van der Waals surface area (Å²) >= 11 is 0. The highest BCUT2D eigenvalue weighted by Crippen LogP contribution is 2.21. The van der Waals surface area contributed by atoms with Crippen LogP contribution in [0.2, 0.25) is 0 Å². The fourth-order valence-electron chi connectivity index (χ4n) is 1.72. The first-order valence-electron chi connectivity index (χ1n) is 4.99. The number of amides is 1. The van der Waals surface area contributed by atoms with Gasteiger partial charge in [0.05, 0.1) is 12.2 Å². The molecule has 0 bridgehead atoms. The fraction of sp³-hybridized carbons (Fsp3) is 0.300. The largest absolute Gasteiger partial charge is 0.480 e. The Kier molecular flexibility index (Phi) is 2.58. The number of aryl methyl sites for hydroxylation is 1. The van der Waals surface area contributed by atoms with E-state index in [2.05, 4.69) is 10.6 Å². The molecular formula is C10H11N3O4. The van der Waals surface area contributed by atoms with Crippen molar-refractivity contribution in [1.82, 2.24) is 4.57 Å². The summed E-state index contributed by atoms with van der Waals surface area (Å²) in [6.07, 6.45) is 0. The number of pyridine rings is 1. The van der Waals surface area contributed by atoms with Crippen molar-refractivity contribution in [3.8, 4) is 0 Å². The number of nitrogens with one attached hydrogen (secondary N) is 2. The average Bonchev–Trinajstić information content (AvgIpc) is 2.25. The van der Waals surface area contributed by atoms with Gasteiger partial charge in [0, 0.05) is 5.69 Å². The van der Waals surface area contributed by atoms with Gasteiger partial charge in [-0.3, -0.25) is 19.0 Å². The van der Waals surface area contributed by atoms with Crippen LogP contribution in [0.3, 0.4) is 0 Å². The Hall–Kier alpha value is -2.31. The highest BCUT2D eigenvalue weighted by atomic mass is 16.4. The topological polar surface area (TPSA) is 100 Å². The number of fused-ring (bicyclic) bond motifs is 1. The molecule has 2 heterocycles. The zero-order chi connectivity index (χ0) is 12.6. The summed E-state index contributed by atoms with van der Waals surface area (Å²) in [4.78, 5) is 33.8. The molecule has 0 unspecified atom stereocenters. The Morgan fingerprint density at radius 1 is 1.53 bits per heavy atom. The number of carboxylic acids is 1. The summed E-state index contributed by atoms with van der Waals surface area (Å²) in [6, 6.07) is 1.64. The molecule has 2 rings (SSSR count). The van der Waals surface area contributed by atoms with Crippen LogP contribution in [0.1, 0.15) is 5.69 Å². The predicted molar refractivity (Wildman–Crippen MR) is 60.2 cm³/mol. The summed E-state index contributed by atoms with van der Waals surface area (Å²) in [6.45, 7) is 1.32. The Bertz CT molecular complexity index is 561. The van der Waals surface area contributed by atoms with Gasteiger partial charge in [0.2, 0.25) is 5.91 Å². The van der Waals surface area contributed by atoms with Crippen molar-refractivity contribution in [3.05, 3.63) is 22.1 Å². The molecule has 17 heavy (non-hydrogen) atoms. The van der Waals surface area contributed by atoms with Crippen LogP contribution in [0, 0.1) is 6.92 Å². The highest BCUT2D eigenvalue weighted by Gasteiger charge is 2.20. The Balaban J connectivity index is 2.56. The van der Waals surface area contributed by atoms with Gasteiger partial charge >= 0.3 is 5.97 Å². The van der Waals surface area contributed by atoms with Crippen molar-refractivity contribution in [1.29, 1.82) is 0 Å². The standard InChI is InChI=1S/C10H11N3O4/c1-5-2-6-9(12-7(14)3-11-6)10(17)13(5)4-8(15)16/h2,11H,3-4H2,1H3,(H,12,14)(H,15,16). The molecule has 0 atom stereocenters. The van der Waals surface area contributed by atoms with E-state index in [9.17, 15) is 14.4 Å². The minimum atomic E-state index is -1.11. The Morgan fingerprint density at radius 2 is 2.24 bits per heavy atom. The molecule has 0 aliphatic carbocycles. The van der Waals surface area contributed by atoms with E-state index in [1.54, 1.807) is 13.0 Å². The molecule has 0 saturated heterocycles. The summed E-state index contributed by atoms with van der Waals surface area (Å²) in [5.41, 5.74) is 0.643. The van der Waals surface area contributed by atoms with E-state index in [1.807, 2.05) is 0 Å². The molecule has 90 valence electrons. The lowest BCUT2D eigenvalue weighted by Crippen LogP contribution is -2.36. The summed E-state index contributed by atoms with van der Waals surface area (Å²) < 4.78 is 1.11. The van der Waals surface area contributed by atoms with E-state index in [0.29, 0.717) is 11.4 Å². The van der Waals surface area contributed by atoms with Crippen LogP contribution >= 0.6 is 0 Å². The van der Waals surface area contributed by atoms with Crippen LogP contribution in [0.5, 0.6) is 0 Å². The SMILES string of the molecule is Cc1cc2c(c(=O)n1CC(=O)O)NC(=O)CN2. The van der Waals surface area contributed by atoms with Crippen LogP contribution in [0.15, 0.2) is 10.9 Å². The summed E-state index contributed by atoms with van der Waals surface area (Å²) in [5.74, 6) is -1.43. The summed E-state index contributed by atoms with van der Waals surface area (Å²) in [7, 11) is 0. The lowest BCUT2D eigenvalue weighted by Gasteiger charge is -2.20. The smallest absolute Gasteiger partial charge is 0.323 e. The molecule has 1 aromatic rings. The van der Waals surface area contributed by atoms with Crippen LogP contribution in [-0.4, -0.2) is 28.1 Å². The minimum Gasteiger partial charge on any atom is -0.480 e. The second-order valence-corrected chi connectivity index (χ2v) is 3.76. The third kappa shape index (κ3) is 1.99. The van der Waals surface area contributed by atoms with Crippen LogP contribution in [0.4, 0.5) is 11.4 Å². The maximum absolute atomic E-state index is 12.0. The molecule has 3 N–H and O–H groups in total. The molecule has 7 nitrogen and oxygen atoms in total. The van der Waals surface area contributed by atoms with Crippen LogP contribution < -0.4 is 16.2 Å². The van der Waals surface area contributed by atoms with E-state index in [1.165, 1.54) is 0 Å². The monoisotopic (exact) mass is 237 g/mol. The van der Waals surface area contributed by atoms with Gasteiger partial charge in [-0.15, -0.1) is 0 Å². The predicted octanol–water partition coefficient (Wildman–Crippen LogP) is -0.395. The number of aliphatic carboxylic acids is 1. The molecule has 1 aliphatic rings. The molecule has 1 amide bonds. The number of rotatable bonds is 2. The number of carbonyl (C=O) groups excluding carboxylic acids is 1. The Labute approximate surface area is 96.1 Å². The molecule has 0 spiro atoms. The molecule has 1 aromatic heterocycles. The number of anilines is 2. The third-order valence-electron chi connectivity index (χ3n) is 2.50. The van der Waals surface area contributed by atoms with Crippen LogP contribution in [0.25, 0.3) is 0 Å². The van der Waals surface area contributed by atoms with Gasteiger partial charge in [-0.2, -0.15) is 0 Å². The van der Waals surface area contributed by atoms with Gasteiger partial charge in [0.1, 0.15) is 12.2 Å². The highest BCUT2D eigenvalue weighted by molar-refractivity contribution is 6.00. The molecule has 0 aromatic carbocycles. The summed E-state index contributed by atoms with van der Waals surface area (Å²) in [5, 5.41) is 14.0. The first-order valence-corrected chi connectivity index (χ1v) is 4.99. The molecule has 0 fully saturated rings. The number of aromatic nitrogens is 1. The van der Waals surface area contributed by atoms with Gasteiger partial charge in [0.25, 0.3) is 5.56 Å². The van der Waals surface area contributed by atoms with Crippen molar-refractivity contribution in [2.75, 3.05) is 17.2 Å². The van der Waals surface area contributed by atoms with Crippen molar-refractivity contribution in [2.24, 2.45) is 0 Å². The molecule has 0 saturated carbocycles. The maximum atomic E-state index is 12.0. The Morgan fingerprint density at radius 3 is 2.88 bits per heavy atom. The molecule has 7 heteroatoms. The number of nitrogens with zero attached hydrogens (tertiary/aromatic N) is 1. The van der Waals surface area contributed by atoms with E-state index >= 15 is 0 Å². The number of hydrogen-bond donors (Lipinski definition) is 3. The van der Waals surface area contributed by atoms with Crippen LogP contribution in [-0.2, 0) is 16.1 Å². The maximum Gasteiger partial charge on any atom is 0.323 e. The first kappa shape index (κ1) is 11.2. The molecule has 0 radical (unpaired) electrons. The second-order valence-electron chi connectivity index (χ2n) is 3.76.